The molecule has 1 aromatic carbocycles. The molecule has 0 radical (unpaired) electrons. The van der Waals surface area contributed by atoms with Crippen molar-refractivity contribution in [3.8, 4) is 11.3 Å². The van der Waals surface area contributed by atoms with E-state index in [1.807, 2.05) is 43.3 Å². The summed E-state index contributed by atoms with van der Waals surface area (Å²) in [5.74, 6) is 1.01. The molecule has 7 heteroatoms. The van der Waals surface area contributed by atoms with Crippen molar-refractivity contribution in [3.05, 3.63) is 59.9 Å². The van der Waals surface area contributed by atoms with Gasteiger partial charge in [-0.15, -0.1) is 10.2 Å². The van der Waals surface area contributed by atoms with Crippen LogP contribution in [0.25, 0.3) is 11.3 Å². The summed E-state index contributed by atoms with van der Waals surface area (Å²) in [4.78, 5) is 19.0. The molecule has 27 heavy (non-hydrogen) atoms. The van der Waals surface area contributed by atoms with Crippen molar-refractivity contribution in [2.45, 2.75) is 32.7 Å². The molecule has 1 N–H and O–H groups in total. The summed E-state index contributed by atoms with van der Waals surface area (Å²) in [5, 5.41) is 11.0. The molecule has 2 aromatic heterocycles. The number of nitrogens with one attached hydrogen (secondary N) is 1. The summed E-state index contributed by atoms with van der Waals surface area (Å²) in [6.07, 6.45) is 3.50. The fourth-order valence-electron chi connectivity index (χ4n) is 3.41. The minimum absolute atomic E-state index is 0.163. The molecule has 1 atom stereocenters. The smallest absolute Gasteiger partial charge is 0.322 e. The van der Waals surface area contributed by atoms with Crippen molar-refractivity contribution < 1.29 is 9.21 Å². The molecule has 0 unspecified atom stereocenters. The predicted molar refractivity (Wildman–Crippen MR) is 101 cm³/mol. The van der Waals surface area contributed by atoms with Gasteiger partial charge in [-0.1, -0.05) is 12.1 Å². The molecule has 7 nitrogen and oxygen atoms in total. The third-order valence-corrected chi connectivity index (χ3v) is 4.77. The highest BCUT2D eigenvalue weighted by molar-refractivity contribution is 5.90. The van der Waals surface area contributed by atoms with Crippen LogP contribution in [0.4, 0.5) is 10.5 Å². The molecule has 138 valence electrons. The Hall–Kier alpha value is -3.22. The number of benzene rings is 1. The van der Waals surface area contributed by atoms with Crippen LogP contribution < -0.4 is 5.32 Å². The predicted octanol–water partition coefficient (Wildman–Crippen LogP) is 4.12. The second-order valence-electron chi connectivity index (χ2n) is 6.69. The zero-order chi connectivity index (χ0) is 18.8. The molecule has 1 aliphatic heterocycles. The van der Waals surface area contributed by atoms with E-state index in [1.54, 1.807) is 18.0 Å². The van der Waals surface area contributed by atoms with Gasteiger partial charge in [0.1, 0.15) is 6.04 Å². The fraction of sp³-hybridized carbons (Fsp3) is 0.300. The van der Waals surface area contributed by atoms with Crippen LogP contribution in [0.1, 0.15) is 36.2 Å². The lowest BCUT2D eigenvalue weighted by Crippen LogP contribution is -2.34. The summed E-state index contributed by atoms with van der Waals surface area (Å²) >= 11 is 0. The summed E-state index contributed by atoms with van der Waals surface area (Å²) in [6, 6.07) is 11.3. The number of hydrogen-bond donors (Lipinski definition) is 1. The van der Waals surface area contributed by atoms with Crippen molar-refractivity contribution in [1.29, 1.82) is 0 Å². The van der Waals surface area contributed by atoms with Gasteiger partial charge in [0.25, 0.3) is 0 Å². The van der Waals surface area contributed by atoms with Gasteiger partial charge in [-0.25, -0.2) is 4.79 Å². The standard InChI is InChI=1S/C20H21N5O2/c1-13-8-9-15(12-16(13)17-6-3-4-10-21-17)22-20(26)25-11-5-7-18(25)19-24-23-14(2)27-19/h3-4,6,8-10,12,18H,5,7,11H2,1-2H3,(H,22,26)/t18-/m1/s1. The molecular weight excluding hydrogens is 342 g/mol. The highest BCUT2D eigenvalue weighted by Crippen LogP contribution is 2.32. The monoisotopic (exact) mass is 363 g/mol. The van der Waals surface area contributed by atoms with Crippen molar-refractivity contribution in [3.63, 3.8) is 0 Å². The van der Waals surface area contributed by atoms with Crippen LogP contribution >= 0.6 is 0 Å². The van der Waals surface area contributed by atoms with Crippen LogP contribution in [0.15, 0.2) is 47.0 Å². The number of likely N-dealkylation sites (tertiary alicyclic amines) is 1. The summed E-state index contributed by atoms with van der Waals surface area (Å²) < 4.78 is 5.54. The zero-order valence-electron chi connectivity index (χ0n) is 15.3. The molecule has 2 amide bonds. The Balaban J connectivity index is 1.54. The van der Waals surface area contributed by atoms with E-state index in [2.05, 4.69) is 20.5 Å². The van der Waals surface area contributed by atoms with E-state index in [0.717, 1.165) is 35.3 Å². The first kappa shape index (κ1) is 17.2. The number of rotatable bonds is 3. The Kier molecular flexibility index (Phi) is 4.58. The summed E-state index contributed by atoms with van der Waals surface area (Å²) in [7, 11) is 0. The third-order valence-electron chi connectivity index (χ3n) is 4.77. The zero-order valence-corrected chi connectivity index (χ0v) is 15.3. The van der Waals surface area contributed by atoms with E-state index in [-0.39, 0.29) is 12.1 Å². The number of nitrogens with zero attached hydrogens (tertiary/aromatic N) is 4. The minimum atomic E-state index is -0.174. The van der Waals surface area contributed by atoms with Crippen LogP contribution in [0.5, 0.6) is 0 Å². The van der Waals surface area contributed by atoms with Gasteiger partial charge in [-0.2, -0.15) is 0 Å². The van der Waals surface area contributed by atoms with Gasteiger partial charge in [-0.05, 0) is 49.6 Å². The van der Waals surface area contributed by atoms with Gasteiger partial charge in [0, 0.05) is 30.9 Å². The Labute approximate surface area is 157 Å². The summed E-state index contributed by atoms with van der Waals surface area (Å²) in [6.45, 7) is 4.45. The first-order chi connectivity index (χ1) is 13.1. The number of amides is 2. The highest BCUT2D eigenvalue weighted by atomic mass is 16.4. The first-order valence-electron chi connectivity index (χ1n) is 9.01. The number of pyridine rings is 1. The lowest BCUT2D eigenvalue weighted by Gasteiger charge is -2.22. The van der Waals surface area contributed by atoms with E-state index in [1.165, 1.54) is 0 Å². The maximum absolute atomic E-state index is 12.8. The van der Waals surface area contributed by atoms with Crippen molar-refractivity contribution in [1.82, 2.24) is 20.1 Å². The molecule has 0 bridgehead atoms. The van der Waals surface area contributed by atoms with E-state index in [4.69, 9.17) is 4.42 Å². The Morgan fingerprint density at radius 1 is 1.22 bits per heavy atom. The Morgan fingerprint density at radius 2 is 2.11 bits per heavy atom. The van der Waals surface area contributed by atoms with Crippen LogP contribution in [0.3, 0.4) is 0 Å². The molecule has 0 aliphatic carbocycles. The molecule has 1 saturated heterocycles. The molecule has 1 aliphatic rings. The van der Waals surface area contributed by atoms with Gasteiger partial charge < -0.3 is 14.6 Å². The molecule has 4 rings (SSSR count). The average molecular weight is 363 g/mol. The second-order valence-corrected chi connectivity index (χ2v) is 6.69. The minimum Gasteiger partial charge on any atom is -0.423 e. The van der Waals surface area contributed by atoms with E-state index >= 15 is 0 Å². The van der Waals surface area contributed by atoms with Crippen molar-refractivity contribution in [2.75, 3.05) is 11.9 Å². The number of carbonyl (C=O) groups is 1. The topological polar surface area (TPSA) is 84.2 Å². The molecule has 3 aromatic rings. The normalized spacial score (nSPS) is 16.5. The van der Waals surface area contributed by atoms with Crippen LogP contribution in [-0.4, -0.2) is 32.7 Å². The average Bonchev–Trinajstić information content (AvgIpc) is 3.33. The van der Waals surface area contributed by atoms with Crippen LogP contribution in [-0.2, 0) is 0 Å². The van der Waals surface area contributed by atoms with E-state index in [0.29, 0.717) is 18.3 Å². The summed E-state index contributed by atoms with van der Waals surface area (Å²) in [5.41, 5.74) is 3.72. The number of aryl methyl sites for hydroxylation is 2. The van der Waals surface area contributed by atoms with Crippen molar-refractivity contribution in [2.24, 2.45) is 0 Å². The van der Waals surface area contributed by atoms with Gasteiger partial charge >= 0.3 is 6.03 Å². The van der Waals surface area contributed by atoms with Gasteiger partial charge in [0.05, 0.1) is 5.69 Å². The van der Waals surface area contributed by atoms with Crippen molar-refractivity contribution >= 4 is 11.7 Å². The first-order valence-corrected chi connectivity index (χ1v) is 9.01. The second kappa shape index (κ2) is 7.19. The third kappa shape index (κ3) is 3.53. The number of aromatic nitrogens is 3. The Morgan fingerprint density at radius 3 is 2.85 bits per heavy atom. The fourth-order valence-corrected chi connectivity index (χ4v) is 3.41. The molecule has 3 heterocycles. The quantitative estimate of drug-likeness (QED) is 0.757. The van der Waals surface area contributed by atoms with Gasteiger partial charge in [0.2, 0.25) is 11.8 Å². The highest BCUT2D eigenvalue weighted by Gasteiger charge is 2.33. The maximum atomic E-state index is 12.8. The molecule has 1 fully saturated rings. The molecular formula is C20H21N5O2. The van der Waals surface area contributed by atoms with Crippen LogP contribution in [0.2, 0.25) is 0 Å². The van der Waals surface area contributed by atoms with Gasteiger partial charge in [-0.3, -0.25) is 4.98 Å². The lowest BCUT2D eigenvalue weighted by molar-refractivity contribution is 0.197. The maximum Gasteiger partial charge on any atom is 0.322 e. The molecule has 0 saturated carbocycles. The van der Waals surface area contributed by atoms with Gasteiger partial charge in [0.15, 0.2) is 0 Å². The lowest BCUT2D eigenvalue weighted by atomic mass is 10.0. The number of carbonyl (C=O) groups excluding carboxylic acids is 1. The SMILES string of the molecule is Cc1nnc([C@H]2CCCN2C(=O)Nc2ccc(C)c(-c3ccccn3)c2)o1. The molecule has 0 spiro atoms. The number of anilines is 1. The largest absolute Gasteiger partial charge is 0.423 e. The Bertz CT molecular complexity index is 954. The van der Waals surface area contributed by atoms with E-state index in [9.17, 15) is 4.79 Å². The number of hydrogen-bond acceptors (Lipinski definition) is 5. The van der Waals surface area contributed by atoms with E-state index < -0.39 is 0 Å². The van der Waals surface area contributed by atoms with Crippen LogP contribution in [0, 0.1) is 13.8 Å². The number of urea groups is 1.